The topological polar surface area (TPSA) is 45.1 Å². The van der Waals surface area contributed by atoms with E-state index in [0.29, 0.717) is 6.54 Å². The van der Waals surface area contributed by atoms with Gasteiger partial charge < -0.3 is 10.4 Å². The predicted octanol–water partition coefficient (Wildman–Crippen LogP) is 3.37. The number of hydrogen-bond acceptors (Lipinski definition) is 5. The molecule has 2 N–H and O–H groups in total. The summed E-state index contributed by atoms with van der Waals surface area (Å²) in [5.74, 6) is 0. The normalized spacial score (nSPS) is 13.7. The first-order valence-electron chi connectivity index (χ1n) is 6.33. The van der Waals surface area contributed by atoms with Crippen LogP contribution in [0.3, 0.4) is 0 Å². The van der Waals surface area contributed by atoms with Crippen molar-refractivity contribution in [2.45, 2.75) is 33.4 Å². The molecule has 0 aliphatic rings. The number of aliphatic hydroxyl groups is 1. The number of nitrogens with zero attached hydrogens (tertiary/aromatic N) is 1. The van der Waals surface area contributed by atoms with Gasteiger partial charge in [0.2, 0.25) is 0 Å². The second kappa shape index (κ2) is 6.13. The molecule has 0 aromatic carbocycles. The van der Waals surface area contributed by atoms with E-state index >= 15 is 0 Å². The molecule has 1 atom stereocenters. The average Bonchev–Trinajstić information content (AvgIpc) is 2.97. The number of aliphatic hydroxyl groups excluding tert-OH is 1. The molecule has 0 saturated carbocycles. The fourth-order valence-electron chi connectivity index (χ4n) is 1.55. The van der Waals surface area contributed by atoms with Gasteiger partial charge in [0, 0.05) is 35.1 Å². The molecular weight excluding hydrogens is 276 g/mol. The van der Waals surface area contributed by atoms with Crippen molar-refractivity contribution in [3.05, 3.63) is 27.9 Å². The van der Waals surface area contributed by atoms with E-state index in [-0.39, 0.29) is 11.5 Å². The summed E-state index contributed by atoms with van der Waals surface area (Å²) in [6.07, 6.45) is 1.57. The maximum atomic E-state index is 9.95. The molecule has 2 heterocycles. The molecule has 1 unspecified atom stereocenters. The quantitative estimate of drug-likeness (QED) is 0.889. The van der Waals surface area contributed by atoms with Gasteiger partial charge in [0.15, 0.2) is 0 Å². The van der Waals surface area contributed by atoms with Crippen LogP contribution in [-0.2, 0) is 6.54 Å². The van der Waals surface area contributed by atoms with Crippen LogP contribution < -0.4 is 5.32 Å². The Labute approximate surface area is 122 Å². The highest BCUT2D eigenvalue weighted by Gasteiger charge is 2.21. The van der Waals surface area contributed by atoms with Crippen LogP contribution in [0.5, 0.6) is 0 Å². The molecule has 2 rings (SSSR count). The van der Waals surface area contributed by atoms with E-state index in [9.17, 15) is 5.11 Å². The van der Waals surface area contributed by atoms with Gasteiger partial charge in [-0.3, -0.25) is 0 Å². The van der Waals surface area contributed by atoms with Crippen molar-refractivity contribution in [1.82, 2.24) is 10.3 Å². The first-order chi connectivity index (χ1) is 8.97. The van der Waals surface area contributed by atoms with Gasteiger partial charge in [0.1, 0.15) is 5.01 Å². The van der Waals surface area contributed by atoms with Gasteiger partial charge in [-0.15, -0.1) is 11.3 Å². The summed E-state index contributed by atoms with van der Waals surface area (Å²) in [5.41, 5.74) is 1.11. The Balaban J connectivity index is 1.85. The van der Waals surface area contributed by atoms with Gasteiger partial charge in [-0.25, -0.2) is 4.98 Å². The predicted molar refractivity (Wildman–Crippen MR) is 82.6 cm³/mol. The van der Waals surface area contributed by atoms with Crippen molar-refractivity contribution in [3.63, 3.8) is 0 Å². The second-order valence-corrected chi connectivity index (χ2v) is 7.55. The minimum Gasteiger partial charge on any atom is -0.391 e. The molecule has 19 heavy (non-hydrogen) atoms. The summed E-state index contributed by atoms with van der Waals surface area (Å²) >= 11 is 3.39. The molecular formula is C14H20N2OS2. The Morgan fingerprint density at radius 3 is 2.84 bits per heavy atom. The zero-order chi connectivity index (χ0) is 13.9. The zero-order valence-corrected chi connectivity index (χ0v) is 13.1. The average molecular weight is 296 g/mol. The molecule has 104 valence electrons. The first kappa shape index (κ1) is 14.7. The summed E-state index contributed by atoms with van der Waals surface area (Å²) < 4.78 is 0. The lowest BCUT2D eigenvalue weighted by molar-refractivity contribution is 0.0628. The maximum absolute atomic E-state index is 9.95. The lowest BCUT2D eigenvalue weighted by Gasteiger charge is -2.25. The standard InChI is InChI=1S/C14H20N2OS2/c1-14(2,3)12(17)8-15-6-11-7-16-13(19-11)10-4-5-18-9-10/h4-5,7,9,12,15,17H,6,8H2,1-3H3. The molecule has 0 aliphatic carbocycles. The number of hydrogen-bond donors (Lipinski definition) is 2. The largest absolute Gasteiger partial charge is 0.391 e. The van der Waals surface area contributed by atoms with E-state index in [4.69, 9.17) is 0 Å². The number of aromatic nitrogens is 1. The molecule has 0 saturated heterocycles. The molecule has 5 heteroatoms. The number of rotatable bonds is 5. The number of nitrogens with one attached hydrogen (secondary N) is 1. The lowest BCUT2D eigenvalue weighted by Crippen LogP contribution is -2.36. The second-order valence-electron chi connectivity index (χ2n) is 5.66. The van der Waals surface area contributed by atoms with E-state index in [1.54, 1.807) is 22.7 Å². The Morgan fingerprint density at radius 2 is 2.21 bits per heavy atom. The van der Waals surface area contributed by atoms with Crippen LogP contribution in [0.2, 0.25) is 0 Å². The molecule has 0 bridgehead atoms. The first-order valence-corrected chi connectivity index (χ1v) is 8.09. The van der Waals surface area contributed by atoms with Gasteiger partial charge >= 0.3 is 0 Å². The molecule has 0 aliphatic heterocycles. The smallest absolute Gasteiger partial charge is 0.124 e. The minimum atomic E-state index is -0.336. The van der Waals surface area contributed by atoms with Crippen LogP contribution in [0.15, 0.2) is 23.0 Å². The number of thiazole rings is 1. The Hall–Kier alpha value is -0.750. The van der Waals surface area contributed by atoms with E-state index in [1.165, 1.54) is 10.4 Å². The van der Waals surface area contributed by atoms with E-state index in [0.717, 1.165) is 11.6 Å². The SMILES string of the molecule is CC(C)(C)C(O)CNCc1cnc(-c2ccsc2)s1. The third-order valence-electron chi connectivity index (χ3n) is 2.96. The molecule has 0 amide bonds. The van der Waals surface area contributed by atoms with E-state index < -0.39 is 0 Å². The highest BCUT2D eigenvalue weighted by atomic mass is 32.1. The van der Waals surface area contributed by atoms with Crippen LogP contribution in [0.25, 0.3) is 10.6 Å². The van der Waals surface area contributed by atoms with Crippen molar-refractivity contribution < 1.29 is 5.11 Å². The molecule has 0 spiro atoms. The van der Waals surface area contributed by atoms with Crippen LogP contribution >= 0.6 is 22.7 Å². The Kier molecular flexibility index (Phi) is 4.73. The summed E-state index contributed by atoms with van der Waals surface area (Å²) in [5, 5.41) is 18.5. The molecule has 2 aromatic heterocycles. The summed E-state index contributed by atoms with van der Waals surface area (Å²) in [7, 11) is 0. The summed E-state index contributed by atoms with van der Waals surface area (Å²) in [6.45, 7) is 7.49. The molecule has 2 aromatic rings. The summed E-state index contributed by atoms with van der Waals surface area (Å²) in [6, 6.07) is 2.09. The monoisotopic (exact) mass is 296 g/mol. The number of thiophene rings is 1. The van der Waals surface area contributed by atoms with Crippen molar-refractivity contribution in [3.8, 4) is 10.6 Å². The fraction of sp³-hybridized carbons (Fsp3) is 0.500. The van der Waals surface area contributed by atoms with Crippen molar-refractivity contribution in [2.75, 3.05) is 6.54 Å². The minimum absolute atomic E-state index is 0.0808. The Bertz CT molecular complexity index is 500. The Morgan fingerprint density at radius 1 is 1.42 bits per heavy atom. The van der Waals surface area contributed by atoms with Gasteiger partial charge in [0.05, 0.1) is 6.10 Å². The third-order valence-corrected chi connectivity index (χ3v) is 4.69. The van der Waals surface area contributed by atoms with Gasteiger partial charge in [-0.2, -0.15) is 11.3 Å². The highest BCUT2D eigenvalue weighted by molar-refractivity contribution is 7.15. The van der Waals surface area contributed by atoms with E-state index in [2.05, 4.69) is 27.1 Å². The summed E-state index contributed by atoms with van der Waals surface area (Å²) in [4.78, 5) is 5.62. The molecule has 3 nitrogen and oxygen atoms in total. The van der Waals surface area contributed by atoms with Gasteiger partial charge in [-0.05, 0) is 16.9 Å². The fourth-order valence-corrected chi connectivity index (χ4v) is 3.14. The maximum Gasteiger partial charge on any atom is 0.124 e. The van der Waals surface area contributed by atoms with Crippen LogP contribution in [0.1, 0.15) is 25.6 Å². The van der Waals surface area contributed by atoms with Crippen molar-refractivity contribution >= 4 is 22.7 Å². The zero-order valence-electron chi connectivity index (χ0n) is 11.5. The van der Waals surface area contributed by atoms with E-state index in [1.807, 2.05) is 27.0 Å². The molecule has 0 fully saturated rings. The van der Waals surface area contributed by atoms with Gasteiger partial charge in [-0.1, -0.05) is 20.8 Å². The molecule has 0 radical (unpaired) electrons. The van der Waals surface area contributed by atoms with Crippen molar-refractivity contribution in [2.24, 2.45) is 5.41 Å². The highest BCUT2D eigenvalue weighted by Crippen LogP contribution is 2.26. The van der Waals surface area contributed by atoms with Gasteiger partial charge in [0.25, 0.3) is 0 Å². The van der Waals surface area contributed by atoms with Crippen LogP contribution in [0, 0.1) is 5.41 Å². The third kappa shape index (κ3) is 4.11. The van der Waals surface area contributed by atoms with Crippen molar-refractivity contribution in [1.29, 1.82) is 0 Å². The van der Waals surface area contributed by atoms with Crippen LogP contribution in [-0.4, -0.2) is 22.7 Å². The van der Waals surface area contributed by atoms with Crippen LogP contribution in [0.4, 0.5) is 0 Å². The lowest BCUT2D eigenvalue weighted by atomic mass is 9.89.